The Bertz CT molecular complexity index is 402. The lowest BCUT2D eigenvalue weighted by molar-refractivity contribution is -0.131. The number of Topliss-reactive ketones (excluding diaryl/α,β-unsaturated/α-hetero) is 1. The molecule has 0 atom stereocenters. The number of hydrogen-bond acceptors (Lipinski definition) is 2. The van der Waals surface area contributed by atoms with Crippen LogP contribution in [0.25, 0.3) is 0 Å². The summed E-state index contributed by atoms with van der Waals surface area (Å²) in [6, 6.07) is 3.37. The van der Waals surface area contributed by atoms with Crippen molar-refractivity contribution < 1.29 is 14.7 Å². The van der Waals surface area contributed by atoms with Gasteiger partial charge in [-0.15, -0.1) is 0 Å². The molecule has 86 valence electrons. The Balaban J connectivity index is 2.01. The lowest BCUT2D eigenvalue weighted by Gasteiger charge is -2.05. The number of ketones is 1. The largest absolute Gasteiger partial charge is 0.475 e. The first-order valence-corrected chi connectivity index (χ1v) is 5.62. The van der Waals surface area contributed by atoms with E-state index in [1.165, 1.54) is 25.7 Å². The van der Waals surface area contributed by atoms with Crippen LogP contribution in [0.1, 0.15) is 41.9 Å². The third kappa shape index (κ3) is 2.32. The molecule has 0 spiro atoms. The number of carbonyl (C=O) groups excluding carboxylic acids is 1. The molecule has 1 saturated carbocycles. The molecule has 1 aromatic rings. The molecule has 0 bridgehead atoms. The SMILES string of the molecule is O=C(O)C(=O)c1ccc(CC2CCCC2)[nH]1. The van der Waals surface area contributed by atoms with Gasteiger partial charge in [-0.3, -0.25) is 4.79 Å². The summed E-state index contributed by atoms with van der Waals surface area (Å²) in [5.74, 6) is -1.58. The van der Waals surface area contributed by atoms with E-state index in [2.05, 4.69) is 4.98 Å². The van der Waals surface area contributed by atoms with E-state index in [1.54, 1.807) is 6.07 Å². The van der Waals surface area contributed by atoms with E-state index in [-0.39, 0.29) is 5.69 Å². The van der Waals surface area contributed by atoms with Crippen LogP contribution in [0.15, 0.2) is 12.1 Å². The van der Waals surface area contributed by atoms with Gasteiger partial charge in [0.15, 0.2) is 0 Å². The molecule has 0 aromatic carbocycles. The highest BCUT2D eigenvalue weighted by Crippen LogP contribution is 2.27. The average Bonchev–Trinajstić information content (AvgIpc) is 2.88. The highest BCUT2D eigenvalue weighted by Gasteiger charge is 2.19. The van der Waals surface area contributed by atoms with E-state index in [0.717, 1.165) is 12.1 Å². The van der Waals surface area contributed by atoms with Gasteiger partial charge < -0.3 is 10.1 Å². The second kappa shape index (κ2) is 4.51. The van der Waals surface area contributed by atoms with Crippen molar-refractivity contribution in [1.82, 2.24) is 4.98 Å². The Kier molecular flexibility index (Phi) is 3.08. The van der Waals surface area contributed by atoms with Gasteiger partial charge in [-0.1, -0.05) is 25.7 Å². The van der Waals surface area contributed by atoms with Gasteiger partial charge >= 0.3 is 5.97 Å². The van der Waals surface area contributed by atoms with Crippen LogP contribution in [0.5, 0.6) is 0 Å². The highest BCUT2D eigenvalue weighted by molar-refractivity contribution is 6.39. The van der Waals surface area contributed by atoms with Crippen LogP contribution in [0.4, 0.5) is 0 Å². The fraction of sp³-hybridized carbons (Fsp3) is 0.500. The Morgan fingerprint density at radius 2 is 2.00 bits per heavy atom. The maximum absolute atomic E-state index is 11.2. The molecule has 2 N–H and O–H groups in total. The summed E-state index contributed by atoms with van der Waals surface area (Å²) >= 11 is 0. The number of carbonyl (C=O) groups is 2. The van der Waals surface area contributed by atoms with Crippen molar-refractivity contribution in [3.05, 3.63) is 23.5 Å². The summed E-state index contributed by atoms with van der Waals surface area (Å²) in [7, 11) is 0. The molecule has 2 rings (SSSR count). The first-order chi connectivity index (χ1) is 7.66. The third-order valence-electron chi connectivity index (χ3n) is 3.17. The molecular weight excluding hydrogens is 206 g/mol. The van der Waals surface area contributed by atoms with Gasteiger partial charge in [0, 0.05) is 5.69 Å². The van der Waals surface area contributed by atoms with E-state index < -0.39 is 11.8 Å². The van der Waals surface area contributed by atoms with E-state index in [9.17, 15) is 9.59 Å². The van der Waals surface area contributed by atoms with Gasteiger partial charge in [-0.25, -0.2) is 4.79 Å². The molecular formula is C12H15NO3. The maximum Gasteiger partial charge on any atom is 0.378 e. The Morgan fingerprint density at radius 3 is 2.62 bits per heavy atom. The molecule has 1 fully saturated rings. The standard InChI is InChI=1S/C12H15NO3/c14-11(12(15)16)10-6-5-9(13-10)7-8-3-1-2-4-8/h5-6,8,13H,1-4,7H2,(H,15,16). The summed E-state index contributed by atoms with van der Waals surface area (Å²) in [5.41, 5.74) is 1.15. The van der Waals surface area contributed by atoms with Crippen molar-refractivity contribution in [2.24, 2.45) is 5.92 Å². The third-order valence-corrected chi connectivity index (χ3v) is 3.17. The predicted molar refractivity (Wildman–Crippen MR) is 58.4 cm³/mol. The molecule has 0 radical (unpaired) electrons. The number of rotatable bonds is 4. The smallest absolute Gasteiger partial charge is 0.378 e. The molecule has 4 heteroatoms. The molecule has 0 saturated heterocycles. The minimum absolute atomic E-state index is 0.181. The quantitative estimate of drug-likeness (QED) is 0.603. The van der Waals surface area contributed by atoms with Gasteiger partial charge in [-0.2, -0.15) is 0 Å². The number of carboxylic acids is 1. The Labute approximate surface area is 93.7 Å². The number of H-pyrrole nitrogens is 1. The predicted octanol–water partition coefficient (Wildman–Crippen LogP) is 2.01. The van der Waals surface area contributed by atoms with Crippen LogP contribution in [-0.4, -0.2) is 21.8 Å². The van der Waals surface area contributed by atoms with Gasteiger partial charge in [0.05, 0.1) is 5.69 Å². The summed E-state index contributed by atoms with van der Waals surface area (Å²) in [6.45, 7) is 0. The summed E-state index contributed by atoms with van der Waals surface area (Å²) in [5, 5.41) is 8.56. The van der Waals surface area contributed by atoms with E-state index in [0.29, 0.717) is 5.92 Å². The number of hydrogen-bond donors (Lipinski definition) is 2. The average molecular weight is 221 g/mol. The number of aromatic amines is 1. The Morgan fingerprint density at radius 1 is 1.31 bits per heavy atom. The van der Waals surface area contributed by atoms with Gasteiger partial charge in [0.1, 0.15) is 0 Å². The molecule has 1 aliphatic rings. The van der Waals surface area contributed by atoms with Crippen molar-refractivity contribution in [1.29, 1.82) is 0 Å². The minimum Gasteiger partial charge on any atom is -0.475 e. The van der Waals surface area contributed by atoms with Crippen molar-refractivity contribution in [2.45, 2.75) is 32.1 Å². The van der Waals surface area contributed by atoms with Crippen LogP contribution in [-0.2, 0) is 11.2 Å². The van der Waals surface area contributed by atoms with Crippen LogP contribution in [0, 0.1) is 5.92 Å². The topological polar surface area (TPSA) is 70.2 Å². The lowest BCUT2D eigenvalue weighted by Crippen LogP contribution is -2.13. The molecule has 1 aliphatic carbocycles. The summed E-state index contributed by atoms with van der Waals surface area (Å²) in [4.78, 5) is 24.5. The van der Waals surface area contributed by atoms with Crippen LogP contribution >= 0.6 is 0 Å². The second-order valence-corrected chi connectivity index (χ2v) is 4.39. The van der Waals surface area contributed by atoms with Crippen LogP contribution < -0.4 is 0 Å². The zero-order valence-corrected chi connectivity index (χ0v) is 9.03. The van der Waals surface area contributed by atoms with E-state index in [1.807, 2.05) is 6.07 Å². The van der Waals surface area contributed by atoms with Crippen LogP contribution in [0.2, 0.25) is 0 Å². The number of aliphatic carboxylic acids is 1. The van der Waals surface area contributed by atoms with E-state index >= 15 is 0 Å². The monoisotopic (exact) mass is 221 g/mol. The molecule has 1 aromatic heterocycles. The minimum atomic E-state index is -1.41. The molecule has 0 aliphatic heterocycles. The van der Waals surface area contributed by atoms with Gasteiger partial charge in [-0.05, 0) is 24.5 Å². The van der Waals surface area contributed by atoms with Crippen molar-refractivity contribution in [3.63, 3.8) is 0 Å². The zero-order valence-electron chi connectivity index (χ0n) is 9.03. The Hall–Kier alpha value is -1.58. The number of carboxylic acid groups (broad SMARTS) is 1. The van der Waals surface area contributed by atoms with E-state index in [4.69, 9.17) is 5.11 Å². The maximum atomic E-state index is 11.2. The van der Waals surface area contributed by atoms with Crippen molar-refractivity contribution in [3.8, 4) is 0 Å². The summed E-state index contributed by atoms with van der Waals surface area (Å²) < 4.78 is 0. The molecule has 1 heterocycles. The first kappa shape index (κ1) is 10.9. The lowest BCUT2D eigenvalue weighted by atomic mass is 10.0. The number of nitrogens with one attached hydrogen (secondary N) is 1. The number of aromatic nitrogens is 1. The molecule has 4 nitrogen and oxygen atoms in total. The van der Waals surface area contributed by atoms with Crippen LogP contribution in [0.3, 0.4) is 0 Å². The molecule has 16 heavy (non-hydrogen) atoms. The van der Waals surface area contributed by atoms with Gasteiger partial charge in [0.2, 0.25) is 0 Å². The summed E-state index contributed by atoms with van der Waals surface area (Å²) in [6.07, 6.45) is 5.97. The molecule has 0 unspecified atom stereocenters. The normalized spacial score (nSPS) is 16.5. The first-order valence-electron chi connectivity index (χ1n) is 5.62. The van der Waals surface area contributed by atoms with Crippen molar-refractivity contribution >= 4 is 11.8 Å². The van der Waals surface area contributed by atoms with Crippen molar-refractivity contribution in [2.75, 3.05) is 0 Å². The zero-order chi connectivity index (χ0) is 11.5. The fourth-order valence-electron chi connectivity index (χ4n) is 2.33. The fourth-order valence-corrected chi connectivity index (χ4v) is 2.33. The second-order valence-electron chi connectivity index (χ2n) is 4.39. The van der Waals surface area contributed by atoms with Gasteiger partial charge in [0.25, 0.3) is 5.78 Å². The molecule has 0 amide bonds. The highest BCUT2D eigenvalue weighted by atomic mass is 16.4.